The highest BCUT2D eigenvalue weighted by Crippen LogP contribution is 2.43. The Hall–Kier alpha value is -2.54. The second kappa shape index (κ2) is 5.45. The van der Waals surface area contributed by atoms with E-state index < -0.39 is 5.92 Å². The van der Waals surface area contributed by atoms with Crippen LogP contribution in [0.4, 0.5) is 0 Å². The summed E-state index contributed by atoms with van der Waals surface area (Å²) in [7, 11) is 0. The molecule has 0 aromatic carbocycles. The van der Waals surface area contributed by atoms with Crippen molar-refractivity contribution in [1.82, 2.24) is 0 Å². The van der Waals surface area contributed by atoms with Crippen molar-refractivity contribution in [3.8, 4) is 12.1 Å². The Morgan fingerprint density at radius 1 is 1.05 bits per heavy atom. The first-order chi connectivity index (χ1) is 10.3. The van der Waals surface area contributed by atoms with Gasteiger partial charge in [0.05, 0.1) is 22.4 Å². The van der Waals surface area contributed by atoms with Gasteiger partial charge in [-0.2, -0.15) is 10.5 Å². The van der Waals surface area contributed by atoms with E-state index in [1.165, 1.54) is 22.7 Å². The van der Waals surface area contributed by atoms with Crippen LogP contribution in [0.1, 0.15) is 15.7 Å². The van der Waals surface area contributed by atoms with E-state index in [9.17, 15) is 10.5 Å². The summed E-state index contributed by atoms with van der Waals surface area (Å²) < 4.78 is 5.57. The van der Waals surface area contributed by atoms with E-state index in [0.717, 1.165) is 9.75 Å². The van der Waals surface area contributed by atoms with Gasteiger partial charge in [-0.25, -0.2) is 0 Å². The van der Waals surface area contributed by atoms with E-state index in [2.05, 4.69) is 12.1 Å². The van der Waals surface area contributed by atoms with Crippen LogP contribution >= 0.6 is 22.7 Å². The van der Waals surface area contributed by atoms with Crippen LogP contribution in [0.2, 0.25) is 0 Å². The van der Waals surface area contributed by atoms with Crippen LogP contribution in [0.5, 0.6) is 0 Å². The Bertz CT molecular complexity index is 802. The van der Waals surface area contributed by atoms with Gasteiger partial charge in [0.15, 0.2) is 5.76 Å². The van der Waals surface area contributed by atoms with Gasteiger partial charge in [0.1, 0.15) is 11.6 Å². The van der Waals surface area contributed by atoms with Crippen molar-refractivity contribution in [3.05, 3.63) is 61.8 Å². The number of nitrogens with two attached hydrogens (primary N) is 1. The first-order valence-corrected chi connectivity index (χ1v) is 7.81. The van der Waals surface area contributed by atoms with Gasteiger partial charge >= 0.3 is 0 Å². The molecule has 1 aliphatic heterocycles. The molecule has 0 aliphatic carbocycles. The molecule has 0 bridgehead atoms. The maximum absolute atomic E-state index is 9.58. The zero-order chi connectivity index (χ0) is 14.8. The molecule has 3 heterocycles. The van der Waals surface area contributed by atoms with Gasteiger partial charge in [-0.15, -0.1) is 22.7 Å². The average Bonchev–Trinajstić information content (AvgIpc) is 3.19. The number of hydrogen-bond donors (Lipinski definition) is 1. The van der Waals surface area contributed by atoms with Crippen LogP contribution in [0.3, 0.4) is 0 Å². The fraction of sp³-hybridized carbons (Fsp3) is 0.0667. The normalized spacial score (nSPS) is 18.1. The number of ether oxygens (including phenoxy) is 1. The molecule has 0 saturated carbocycles. The van der Waals surface area contributed by atoms with Crippen LogP contribution < -0.4 is 5.73 Å². The summed E-state index contributed by atoms with van der Waals surface area (Å²) >= 11 is 2.96. The lowest BCUT2D eigenvalue weighted by molar-refractivity contribution is 0.359. The third kappa shape index (κ3) is 2.21. The predicted octanol–water partition coefficient (Wildman–Crippen LogP) is 3.55. The summed E-state index contributed by atoms with van der Waals surface area (Å²) in [5, 5.41) is 22.8. The Kier molecular flexibility index (Phi) is 3.49. The highest BCUT2D eigenvalue weighted by Gasteiger charge is 2.34. The zero-order valence-electron chi connectivity index (χ0n) is 10.7. The largest absolute Gasteiger partial charge is 0.438 e. The highest BCUT2D eigenvalue weighted by molar-refractivity contribution is 7.11. The van der Waals surface area contributed by atoms with Crippen molar-refractivity contribution in [3.63, 3.8) is 0 Å². The summed E-state index contributed by atoms with van der Waals surface area (Å²) in [5.41, 5.74) is 6.61. The Morgan fingerprint density at radius 3 is 2.33 bits per heavy atom. The molecule has 3 rings (SSSR count). The number of allylic oxidation sites excluding steroid dienone is 2. The topological polar surface area (TPSA) is 82.8 Å². The quantitative estimate of drug-likeness (QED) is 0.919. The number of thiophene rings is 2. The highest BCUT2D eigenvalue weighted by atomic mass is 32.1. The van der Waals surface area contributed by atoms with Crippen LogP contribution in [0, 0.1) is 22.7 Å². The summed E-state index contributed by atoms with van der Waals surface area (Å²) in [5.74, 6) is 0.0616. The molecular weight excluding hydrogens is 302 g/mol. The monoisotopic (exact) mass is 311 g/mol. The molecule has 1 atom stereocenters. The lowest BCUT2D eigenvalue weighted by atomic mass is 9.88. The molecule has 0 saturated heterocycles. The third-order valence-electron chi connectivity index (χ3n) is 3.11. The maximum Gasteiger partial charge on any atom is 0.205 e. The van der Waals surface area contributed by atoms with E-state index in [-0.39, 0.29) is 11.5 Å². The third-order valence-corrected chi connectivity index (χ3v) is 4.92. The van der Waals surface area contributed by atoms with Gasteiger partial charge in [-0.3, -0.25) is 0 Å². The second-order valence-corrected chi connectivity index (χ2v) is 6.20. The second-order valence-electron chi connectivity index (χ2n) is 4.27. The van der Waals surface area contributed by atoms with E-state index in [4.69, 9.17) is 10.5 Å². The molecule has 0 radical (unpaired) electrons. The molecule has 2 aromatic rings. The van der Waals surface area contributed by atoms with Crippen molar-refractivity contribution in [1.29, 1.82) is 10.5 Å². The Balaban J connectivity index is 2.22. The first-order valence-electron chi connectivity index (χ1n) is 6.05. The summed E-state index contributed by atoms with van der Waals surface area (Å²) in [6.45, 7) is 0. The molecule has 0 spiro atoms. The summed E-state index contributed by atoms with van der Waals surface area (Å²) in [6, 6.07) is 11.8. The van der Waals surface area contributed by atoms with Gasteiger partial charge in [0, 0.05) is 4.88 Å². The average molecular weight is 311 g/mol. The van der Waals surface area contributed by atoms with E-state index >= 15 is 0 Å². The Morgan fingerprint density at radius 2 is 1.76 bits per heavy atom. The number of nitrogens with zero attached hydrogens (tertiary/aromatic N) is 2. The summed E-state index contributed by atoms with van der Waals surface area (Å²) in [6.07, 6.45) is 0. The minimum atomic E-state index is -0.453. The number of nitriles is 2. The van der Waals surface area contributed by atoms with E-state index in [1.54, 1.807) is 0 Å². The molecule has 1 aliphatic rings. The molecule has 0 amide bonds. The van der Waals surface area contributed by atoms with Crippen molar-refractivity contribution in [2.75, 3.05) is 0 Å². The van der Waals surface area contributed by atoms with Crippen molar-refractivity contribution in [2.45, 2.75) is 5.92 Å². The smallest absolute Gasteiger partial charge is 0.205 e. The van der Waals surface area contributed by atoms with Crippen molar-refractivity contribution in [2.24, 2.45) is 5.73 Å². The van der Waals surface area contributed by atoms with Crippen LogP contribution in [-0.4, -0.2) is 0 Å². The molecule has 102 valence electrons. The molecule has 4 nitrogen and oxygen atoms in total. The van der Waals surface area contributed by atoms with Gasteiger partial charge in [0.25, 0.3) is 0 Å². The lowest BCUT2D eigenvalue weighted by Crippen LogP contribution is -2.19. The molecule has 1 unspecified atom stereocenters. The van der Waals surface area contributed by atoms with Gasteiger partial charge < -0.3 is 10.5 Å². The van der Waals surface area contributed by atoms with Crippen LogP contribution in [0.25, 0.3) is 5.76 Å². The van der Waals surface area contributed by atoms with Crippen LogP contribution in [-0.2, 0) is 4.74 Å². The molecule has 2 aromatic heterocycles. The fourth-order valence-electron chi connectivity index (χ4n) is 2.20. The predicted molar refractivity (Wildman–Crippen MR) is 81.8 cm³/mol. The number of hydrogen-bond acceptors (Lipinski definition) is 6. The minimum Gasteiger partial charge on any atom is -0.438 e. The van der Waals surface area contributed by atoms with Crippen molar-refractivity contribution >= 4 is 28.4 Å². The van der Waals surface area contributed by atoms with Crippen LogP contribution in [0.15, 0.2) is 52.1 Å². The number of rotatable bonds is 2. The van der Waals surface area contributed by atoms with E-state index in [0.29, 0.717) is 11.3 Å². The Labute approximate surface area is 129 Å². The first kappa shape index (κ1) is 13.4. The van der Waals surface area contributed by atoms with Gasteiger partial charge in [-0.05, 0) is 22.9 Å². The SMILES string of the molecule is N#CC1=C(N)OC(c2cccs2)=C(C#N)C1c1cccs1. The summed E-state index contributed by atoms with van der Waals surface area (Å²) in [4.78, 5) is 1.73. The maximum atomic E-state index is 9.58. The molecule has 0 fully saturated rings. The van der Waals surface area contributed by atoms with Gasteiger partial charge in [-0.1, -0.05) is 12.1 Å². The minimum absolute atomic E-state index is 0.0679. The molecular formula is C15H9N3OS2. The zero-order valence-corrected chi connectivity index (χ0v) is 12.4. The van der Waals surface area contributed by atoms with E-state index in [1.807, 2.05) is 35.0 Å². The molecule has 2 N–H and O–H groups in total. The lowest BCUT2D eigenvalue weighted by Gasteiger charge is -2.24. The standard InChI is InChI=1S/C15H9N3OS2/c16-7-9-13(11-3-1-5-20-11)10(8-17)15(18)19-14(9)12-4-2-6-21-12/h1-6,13H,18H2. The molecule has 21 heavy (non-hydrogen) atoms. The fourth-order valence-corrected chi connectivity index (χ4v) is 3.77. The molecule has 6 heteroatoms. The van der Waals surface area contributed by atoms with Crippen molar-refractivity contribution < 1.29 is 4.74 Å². The van der Waals surface area contributed by atoms with Gasteiger partial charge in [0.2, 0.25) is 5.88 Å².